The van der Waals surface area contributed by atoms with E-state index in [1.54, 1.807) is 11.0 Å². The maximum atomic E-state index is 13.2. The molecule has 2 saturated heterocycles. The van der Waals surface area contributed by atoms with Gasteiger partial charge in [-0.25, -0.2) is 8.78 Å². The average Bonchev–Trinajstić information content (AvgIpc) is 3.13. The average molecular weight is 394 g/mol. The number of alkyl halides is 2. The number of hydrogen-bond donors (Lipinski definition) is 2. The van der Waals surface area contributed by atoms with Crippen molar-refractivity contribution in [2.75, 3.05) is 19.6 Å². The largest absolute Gasteiger partial charge is 0.348 e. The van der Waals surface area contributed by atoms with Crippen molar-refractivity contribution in [3.05, 3.63) is 21.9 Å². The van der Waals surface area contributed by atoms with Gasteiger partial charge >= 0.3 is 0 Å². The molecular formula is C16H22ClF2N3O2S. The minimum Gasteiger partial charge on any atom is -0.348 e. The number of aryl methyl sites for hydroxylation is 1. The highest BCUT2D eigenvalue weighted by Crippen LogP contribution is 2.26. The van der Waals surface area contributed by atoms with Crippen LogP contribution in [0.1, 0.15) is 33.8 Å². The Balaban J connectivity index is 0.00000225. The molecule has 1 atom stereocenters. The van der Waals surface area contributed by atoms with E-state index >= 15 is 0 Å². The molecule has 1 aromatic rings. The van der Waals surface area contributed by atoms with Crippen molar-refractivity contribution in [3.63, 3.8) is 0 Å². The zero-order valence-electron chi connectivity index (χ0n) is 13.9. The Labute approximate surface area is 155 Å². The summed E-state index contributed by atoms with van der Waals surface area (Å²) in [5, 5.41) is 5.59. The fourth-order valence-corrected chi connectivity index (χ4v) is 3.94. The number of halogens is 3. The van der Waals surface area contributed by atoms with Gasteiger partial charge in [-0.2, -0.15) is 0 Å². The normalized spacial score (nSPS) is 23.2. The molecule has 0 saturated carbocycles. The Bertz CT molecular complexity index is 633. The molecule has 0 spiro atoms. The summed E-state index contributed by atoms with van der Waals surface area (Å²) in [6.07, 6.45) is 0.857. The van der Waals surface area contributed by atoms with E-state index in [2.05, 4.69) is 10.6 Å². The molecule has 2 aliphatic heterocycles. The van der Waals surface area contributed by atoms with Gasteiger partial charge in [-0.1, -0.05) is 0 Å². The Morgan fingerprint density at radius 3 is 2.52 bits per heavy atom. The zero-order valence-corrected chi connectivity index (χ0v) is 15.5. The van der Waals surface area contributed by atoms with Crippen LogP contribution in [0.3, 0.4) is 0 Å². The Kier molecular flexibility index (Phi) is 6.40. The van der Waals surface area contributed by atoms with Crippen LogP contribution in [0.2, 0.25) is 0 Å². The summed E-state index contributed by atoms with van der Waals surface area (Å²) < 4.78 is 26.4. The first-order chi connectivity index (χ1) is 11.3. The van der Waals surface area contributed by atoms with Gasteiger partial charge in [0, 0.05) is 30.4 Å². The summed E-state index contributed by atoms with van der Waals surface area (Å²) in [5.41, 5.74) is 0. The number of carbonyl (C=O) groups excluding carboxylic acids is 2. The highest BCUT2D eigenvalue weighted by atomic mass is 35.5. The van der Waals surface area contributed by atoms with Crippen molar-refractivity contribution in [1.29, 1.82) is 0 Å². The van der Waals surface area contributed by atoms with Crippen molar-refractivity contribution in [1.82, 2.24) is 15.5 Å². The van der Waals surface area contributed by atoms with E-state index in [-0.39, 0.29) is 30.3 Å². The van der Waals surface area contributed by atoms with Crippen LogP contribution in [0.5, 0.6) is 0 Å². The van der Waals surface area contributed by atoms with Gasteiger partial charge < -0.3 is 10.2 Å². The van der Waals surface area contributed by atoms with Crippen LogP contribution in [-0.4, -0.2) is 54.4 Å². The minimum atomic E-state index is -2.80. The fourth-order valence-electron chi connectivity index (χ4n) is 3.17. The standard InChI is InChI=1S/C16H21F2N3O2S.ClH/c1-10-2-3-13(24-10)14(22)20-11-4-6-21(7-5-11)15(23)12-8-16(17,18)9-19-12;/h2-3,11-12,19H,4-9H2,1H3,(H,20,22);1H. The third-order valence-corrected chi connectivity index (χ3v) is 5.51. The SMILES string of the molecule is Cc1ccc(C(=O)NC2CCN(C(=O)C3CC(F)(F)CN3)CC2)s1.Cl. The highest BCUT2D eigenvalue weighted by molar-refractivity contribution is 7.13. The summed E-state index contributed by atoms with van der Waals surface area (Å²) >= 11 is 1.45. The molecular weight excluding hydrogens is 372 g/mol. The van der Waals surface area contributed by atoms with Crippen LogP contribution < -0.4 is 10.6 Å². The molecule has 0 radical (unpaired) electrons. The monoisotopic (exact) mass is 393 g/mol. The number of likely N-dealkylation sites (tertiary alicyclic amines) is 1. The van der Waals surface area contributed by atoms with E-state index in [4.69, 9.17) is 0 Å². The zero-order chi connectivity index (χ0) is 17.3. The van der Waals surface area contributed by atoms with Crippen LogP contribution in [0, 0.1) is 6.92 Å². The van der Waals surface area contributed by atoms with Gasteiger partial charge in [0.25, 0.3) is 11.8 Å². The molecule has 0 aliphatic carbocycles. The van der Waals surface area contributed by atoms with Gasteiger partial charge in [-0.15, -0.1) is 23.7 Å². The molecule has 5 nitrogen and oxygen atoms in total. The Morgan fingerprint density at radius 1 is 1.32 bits per heavy atom. The van der Waals surface area contributed by atoms with Crippen LogP contribution in [-0.2, 0) is 4.79 Å². The maximum absolute atomic E-state index is 13.2. The van der Waals surface area contributed by atoms with E-state index in [1.807, 2.05) is 13.0 Å². The second kappa shape index (κ2) is 7.97. The van der Waals surface area contributed by atoms with E-state index in [0.717, 1.165) is 4.88 Å². The number of amides is 2. The molecule has 1 aromatic heterocycles. The summed E-state index contributed by atoms with van der Waals surface area (Å²) in [6.45, 7) is 2.48. The van der Waals surface area contributed by atoms with Crippen molar-refractivity contribution in [2.24, 2.45) is 0 Å². The fraction of sp³-hybridized carbons (Fsp3) is 0.625. The molecule has 2 fully saturated rings. The summed E-state index contributed by atoms with van der Waals surface area (Å²) in [4.78, 5) is 27.8. The predicted molar refractivity (Wildman–Crippen MR) is 94.7 cm³/mol. The van der Waals surface area contributed by atoms with E-state index in [9.17, 15) is 18.4 Å². The maximum Gasteiger partial charge on any atom is 0.262 e. The van der Waals surface area contributed by atoms with Gasteiger partial charge in [0.2, 0.25) is 5.91 Å². The predicted octanol–water partition coefficient (Wildman–Crippen LogP) is 2.20. The Morgan fingerprint density at radius 2 is 2.00 bits per heavy atom. The van der Waals surface area contributed by atoms with E-state index in [1.165, 1.54) is 11.3 Å². The molecule has 140 valence electrons. The third-order valence-electron chi connectivity index (χ3n) is 4.51. The van der Waals surface area contributed by atoms with Gasteiger partial charge in [0.1, 0.15) is 0 Å². The lowest BCUT2D eigenvalue weighted by Crippen LogP contribution is -2.50. The molecule has 9 heteroatoms. The molecule has 3 heterocycles. The van der Waals surface area contributed by atoms with Gasteiger partial charge in [0.15, 0.2) is 0 Å². The highest BCUT2D eigenvalue weighted by Gasteiger charge is 2.43. The van der Waals surface area contributed by atoms with Crippen molar-refractivity contribution < 1.29 is 18.4 Å². The topological polar surface area (TPSA) is 61.4 Å². The van der Waals surface area contributed by atoms with Crippen molar-refractivity contribution >= 4 is 35.6 Å². The molecule has 2 aliphatic rings. The molecule has 3 rings (SSSR count). The van der Waals surface area contributed by atoms with Crippen LogP contribution in [0.4, 0.5) is 8.78 Å². The Hall–Kier alpha value is -1.25. The van der Waals surface area contributed by atoms with Crippen LogP contribution in [0.25, 0.3) is 0 Å². The van der Waals surface area contributed by atoms with E-state index < -0.39 is 24.9 Å². The third kappa shape index (κ3) is 4.89. The number of carbonyl (C=O) groups is 2. The second-order valence-electron chi connectivity index (χ2n) is 6.48. The first kappa shape index (κ1) is 20.1. The minimum absolute atomic E-state index is 0. The smallest absolute Gasteiger partial charge is 0.262 e. The number of hydrogen-bond acceptors (Lipinski definition) is 4. The number of piperidine rings is 1. The van der Waals surface area contributed by atoms with Crippen molar-refractivity contribution in [2.45, 2.75) is 44.2 Å². The molecule has 2 N–H and O–H groups in total. The number of nitrogens with zero attached hydrogens (tertiary/aromatic N) is 1. The first-order valence-electron chi connectivity index (χ1n) is 8.11. The lowest BCUT2D eigenvalue weighted by atomic mass is 10.0. The lowest BCUT2D eigenvalue weighted by Gasteiger charge is -2.33. The molecule has 25 heavy (non-hydrogen) atoms. The molecule has 0 bridgehead atoms. The van der Waals surface area contributed by atoms with Crippen LogP contribution >= 0.6 is 23.7 Å². The quantitative estimate of drug-likeness (QED) is 0.827. The summed E-state index contributed by atoms with van der Waals surface area (Å²) in [6, 6.07) is 2.94. The number of rotatable bonds is 3. The summed E-state index contributed by atoms with van der Waals surface area (Å²) in [5.74, 6) is -3.15. The lowest BCUT2D eigenvalue weighted by molar-refractivity contribution is -0.134. The van der Waals surface area contributed by atoms with Crippen LogP contribution in [0.15, 0.2) is 12.1 Å². The molecule has 1 unspecified atom stereocenters. The van der Waals surface area contributed by atoms with Gasteiger partial charge in [-0.3, -0.25) is 14.9 Å². The number of nitrogens with one attached hydrogen (secondary N) is 2. The van der Waals surface area contributed by atoms with Gasteiger partial charge in [0.05, 0.1) is 17.5 Å². The number of thiophene rings is 1. The van der Waals surface area contributed by atoms with Crippen molar-refractivity contribution in [3.8, 4) is 0 Å². The summed E-state index contributed by atoms with van der Waals surface area (Å²) in [7, 11) is 0. The molecule has 0 aromatic carbocycles. The molecule has 2 amide bonds. The first-order valence-corrected chi connectivity index (χ1v) is 8.93. The second-order valence-corrected chi connectivity index (χ2v) is 7.76. The van der Waals surface area contributed by atoms with Gasteiger partial charge in [-0.05, 0) is 31.9 Å². The van der Waals surface area contributed by atoms with E-state index in [0.29, 0.717) is 30.8 Å².